The van der Waals surface area contributed by atoms with E-state index in [0.717, 1.165) is 24.0 Å². The Morgan fingerprint density at radius 2 is 1.51 bits per heavy atom. The Morgan fingerprint density at radius 3 is 2.17 bits per heavy atom. The van der Waals surface area contributed by atoms with Crippen molar-refractivity contribution in [3.63, 3.8) is 0 Å². The van der Waals surface area contributed by atoms with Crippen molar-refractivity contribution in [1.82, 2.24) is 0 Å². The lowest BCUT2D eigenvalue weighted by Crippen LogP contribution is -2.35. The molecule has 0 aliphatic heterocycles. The molecule has 0 aliphatic carbocycles. The van der Waals surface area contributed by atoms with E-state index in [4.69, 9.17) is 14.2 Å². The van der Waals surface area contributed by atoms with E-state index in [-0.39, 0.29) is 37.8 Å². The third kappa shape index (κ3) is 10.4. The number of ether oxygens (including phenoxy) is 3. The summed E-state index contributed by atoms with van der Waals surface area (Å²) in [7, 11) is 0. The van der Waals surface area contributed by atoms with Gasteiger partial charge in [0.05, 0.1) is 25.3 Å². The zero-order chi connectivity index (χ0) is 29.5. The second-order valence-corrected chi connectivity index (χ2v) is 10.00. The fourth-order valence-corrected chi connectivity index (χ4v) is 4.20. The Morgan fingerprint density at radius 1 is 0.829 bits per heavy atom. The summed E-state index contributed by atoms with van der Waals surface area (Å²) in [6.07, 6.45) is 6.14. The first-order valence-corrected chi connectivity index (χ1v) is 14.1. The van der Waals surface area contributed by atoms with Gasteiger partial charge in [0.2, 0.25) is 0 Å². The fraction of sp³-hybridized carbons (Fsp3) is 0.314. The number of carbonyl (C=O) groups is 2. The Balaban J connectivity index is 1.89. The van der Waals surface area contributed by atoms with Crippen LogP contribution in [0.1, 0.15) is 62.0 Å². The van der Waals surface area contributed by atoms with Crippen LogP contribution in [0.25, 0.3) is 0 Å². The SMILES string of the molecule is CCOC(=O)c1cccc(OCc2ccccc2)c1N(Cc1ccccc1)C(=O)COC/C=C(\C)CCC=C(C)C. The molecule has 0 atom stereocenters. The lowest BCUT2D eigenvalue weighted by molar-refractivity contribution is -0.122. The largest absolute Gasteiger partial charge is 0.487 e. The summed E-state index contributed by atoms with van der Waals surface area (Å²) in [5.74, 6) is -0.390. The molecule has 3 rings (SSSR count). The summed E-state index contributed by atoms with van der Waals surface area (Å²) in [4.78, 5) is 28.4. The van der Waals surface area contributed by atoms with Gasteiger partial charge in [-0.05, 0) is 63.8 Å². The molecule has 6 nitrogen and oxygen atoms in total. The molecule has 0 saturated carbocycles. The van der Waals surface area contributed by atoms with Crippen LogP contribution in [0.15, 0.2) is 102 Å². The summed E-state index contributed by atoms with van der Waals surface area (Å²) in [6, 6.07) is 24.6. The Hall–Kier alpha value is -4.16. The summed E-state index contributed by atoms with van der Waals surface area (Å²) >= 11 is 0. The van der Waals surface area contributed by atoms with Gasteiger partial charge < -0.3 is 19.1 Å². The lowest BCUT2D eigenvalue weighted by Gasteiger charge is -2.27. The number of para-hydroxylation sites is 1. The van der Waals surface area contributed by atoms with Gasteiger partial charge in [-0.2, -0.15) is 0 Å². The van der Waals surface area contributed by atoms with Crippen molar-refractivity contribution in [3.8, 4) is 5.75 Å². The number of amides is 1. The summed E-state index contributed by atoms with van der Waals surface area (Å²) in [5, 5.41) is 0. The topological polar surface area (TPSA) is 65.1 Å². The number of esters is 1. The zero-order valence-electron chi connectivity index (χ0n) is 24.6. The number of benzene rings is 3. The van der Waals surface area contributed by atoms with Crippen LogP contribution in [0.3, 0.4) is 0 Å². The molecule has 0 aliphatic rings. The Kier molecular flexibility index (Phi) is 12.9. The molecule has 0 unspecified atom stereocenters. The van der Waals surface area contributed by atoms with Crippen molar-refractivity contribution in [2.24, 2.45) is 0 Å². The van der Waals surface area contributed by atoms with E-state index in [2.05, 4.69) is 26.8 Å². The highest BCUT2D eigenvalue weighted by molar-refractivity contribution is 6.04. The summed E-state index contributed by atoms with van der Waals surface area (Å²) in [5.41, 5.74) is 5.01. The van der Waals surface area contributed by atoms with Crippen LogP contribution in [0.2, 0.25) is 0 Å². The van der Waals surface area contributed by atoms with Crippen LogP contribution in [-0.4, -0.2) is 31.7 Å². The number of hydrogen-bond acceptors (Lipinski definition) is 5. The second-order valence-electron chi connectivity index (χ2n) is 10.00. The zero-order valence-corrected chi connectivity index (χ0v) is 24.6. The van der Waals surface area contributed by atoms with Gasteiger partial charge in [-0.15, -0.1) is 0 Å². The predicted molar refractivity (Wildman–Crippen MR) is 164 cm³/mol. The maximum Gasteiger partial charge on any atom is 0.340 e. The van der Waals surface area contributed by atoms with Gasteiger partial charge in [-0.3, -0.25) is 4.79 Å². The van der Waals surface area contributed by atoms with Gasteiger partial charge in [0.1, 0.15) is 24.7 Å². The lowest BCUT2D eigenvalue weighted by atomic mass is 10.1. The van der Waals surface area contributed by atoms with Crippen molar-refractivity contribution < 1.29 is 23.8 Å². The second kappa shape index (κ2) is 16.8. The molecule has 1 amide bonds. The molecule has 0 fully saturated rings. The van der Waals surface area contributed by atoms with Crippen molar-refractivity contribution in [2.75, 3.05) is 24.7 Å². The van der Waals surface area contributed by atoms with Gasteiger partial charge in [0, 0.05) is 0 Å². The van der Waals surface area contributed by atoms with Gasteiger partial charge >= 0.3 is 5.97 Å². The molecule has 6 heteroatoms. The van der Waals surface area contributed by atoms with Crippen molar-refractivity contribution in [3.05, 3.63) is 119 Å². The number of hydrogen-bond donors (Lipinski definition) is 0. The minimum absolute atomic E-state index is 0.153. The minimum atomic E-state index is -0.519. The summed E-state index contributed by atoms with van der Waals surface area (Å²) < 4.78 is 17.4. The van der Waals surface area contributed by atoms with Crippen LogP contribution in [0.5, 0.6) is 5.75 Å². The van der Waals surface area contributed by atoms with Crippen LogP contribution in [-0.2, 0) is 27.4 Å². The number of allylic oxidation sites excluding steroid dienone is 3. The van der Waals surface area contributed by atoms with E-state index < -0.39 is 5.97 Å². The highest BCUT2D eigenvalue weighted by Gasteiger charge is 2.27. The smallest absolute Gasteiger partial charge is 0.340 e. The average molecular weight is 556 g/mol. The third-order valence-electron chi connectivity index (χ3n) is 6.35. The monoisotopic (exact) mass is 555 g/mol. The molecule has 0 saturated heterocycles. The first kappa shape index (κ1) is 31.4. The quantitative estimate of drug-likeness (QED) is 0.109. The highest BCUT2D eigenvalue weighted by atomic mass is 16.5. The van der Waals surface area contributed by atoms with Gasteiger partial charge in [0.15, 0.2) is 0 Å². The number of rotatable bonds is 15. The molecule has 41 heavy (non-hydrogen) atoms. The normalized spacial score (nSPS) is 11.1. The first-order valence-electron chi connectivity index (χ1n) is 14.1. The molecule has 3 aromatic carbocycles. The van der Waals surface area contributed by atoms with Crippen molar-refractivity contribution in [1.29, 1.82) is 0 Å². The minimum Gasteiger partial charge on any atom is -0.487 e. The van der Waals surface area contributed by atoms with Gasteiger partial charge in [-0.1, -0.05) is 90.0 Å². The van der Waals surface area contributed by atoms with E-state index in [9.17, 15) is 9.59 Å². The van der Waals surface area contributed by atoms with E-state index >= 15 is 0 Å². The molecular weight excluding hydrogens is 514 g/mol. The summed E-state index contributed by atoms with van der Waals surface area (Å²) in [6.45, 7) is 8.89. The van der Waals surface area contributed by atoms with E-state index in [1.165, 1.54) is 11.1 Å². The number of carbonyl (C=O) groups excluding carboxylic acids is 2. The Bertz CT molecular complexity index is 1310. The standard InChI is InChI=1S/C35H41NO5/c1-5-40-35(38)31-20-13-21-32(41-25-30-18-10-7-11-19-30)34(31)36(24-29-16-8-6-9-17-29)33(37)26-39-23-22-28(4)15-12-14-27(2)3/h6-11,13-14,16-22H,5,12,15,23-26H2,1-4H3/b28-22+. The molecule has 0 spiro atoms. The van der Waals surface area contributed by atoms with Crippen LogP contribution >= 0.6 is 0 Å². The molecule has 0 bridgehead atoms. The fourth-order valence-electron chi connectivity index (χ4n) is 4.20. The average Bonchev–Trinajstić information content (AvgIpc) is 2.98. The highest BCUT2D eigenvalue weighted by Crippen LogP contribution is 2.35. The van der Waals surface area contributed by atoms with Gasteiger partial charge in [0.25, 0.3) is 5.91 Å². The molecular formula is C35H41NO5. The molecule has 3 aromatic rings. The van der Waals surface area contributed by atoms with E-state index in [1.807, 2.05) is 66.7 Å². The predicted octanol–water partition coefficient (Wildman–Crippen LogP) is 7.68. The van der Waals surface area contributed by atoms with Gasteiger partial charge in [-0.25, -0.2) is 4.79 Å². The maximum atomic E-state index is 13.8. The van der Waals surface area contributed by atoms with Crippen molar-refractivity contribution >= 4 is 17.6 Å². The molecule has 0 N–H and O–H groups in total. The van der Waals surface area contributed by atoms with Crippen LogP contribution < -0.4 is 9.64 Å². The first-order chi connectivity index (χ1) is 19.9. The number of anilines is 1. The molecule has 0 heterocycles. The van der Waals surface area contributed by atoms with Crippen LogP contribution in [0, 0.1) is 0 Å². The van der Waals surface area contributed by atoms with Crippen molar-refractivity contribution in [2.45, 2.75) is 53.7 Å². The number of nitrogens with zero attached hydrogens (tertiary/aromatic N) is 1. The molecule has 0 radical (unpaired) electrons. The van der Waals surface area contributed by atoms with Crippen LogP contribution in [0.4, 0.5) is 5.69 Å². The van der Waals surface area contributed by atoms with E-state index in [0.29, 0.717) is 18.0 Å². The molecule has 216 valence electrons. The molecule has 0 aromatic heterocycles. The Labute approximate surface area is 244 Å². The third-order valence-corrected chi connectivity index (χ3v) is 6.35. The maximum absolute atomic E-state index is 13.8. The van der Waals surface area contributed by atoms with E-state index in [1.54, 1.807) is 30.0 Å².